The predicted molar refractivity (Wildman–Crippen MR) is 93.6 cm³/mol. The first-order valence-electron chi connectivity index (χ1n) is 8.25. The number of nitrogens with zero attached hydrogens (tertiary/aromatic N) is 7. The predicted octanol–water partition coefficient (Wildman–Crippen LogP) is 2.18. The van der Waals surface area contributed by atoms with Crippen molar-refractivity contribution in [3.63, 3.8) is 0 Å². The van der Waals surface area contributed by atoms with Crippen molar-refractivity contribution >= 4 is 17.6 Å². The standard InChI is InChI=1S/C17H18N8/c1-3-13(12-25(8-1)17-20-4-2-5-21-17)14-9-23-16(11-22-14)24-15-10-18-6-7-19-15/h2,4-7,9-11,13H,1,3,8,12H2,(H,19,23,24)/t13-/m1/s1. The number of rotatable bonds is 4. The summed E-state index contributed by atoms with van der Waals surface area (Å²) in [4.78, 5) is 28.1. The maximum atomic E-state index is 4.59. The Labute approximate surface area is 145 Å². The zero-order valence-electron chi connectivity index (χ0n) is 13.7. The van der Waals surface area contributed by atoms with Gasteiger partial charge in [0.1, 0.15) is 11.6 Å². The van der Waals surface area contributed by atoms with Crippen LogP contribution in [0.25, 0.3) is 0 Å². The van der Waals surface area contributed by atoms with Crippen LogP contribution >= 0.6 is 0 Å². The highest BCUT2D eigenvalue weighted by Gasteiger charge is 2.24. The first kappa shape index (κ1) is 15.4. The van der Waals surface area contributed by atoms with Gasteiger partial charge in [-0.3, -0.25) is 9.97 Å². The molecule has 0 amide bonds. The maximum absolute atomic E-state index is 4.59. The van der Waals surface area contributed by atoms with E-state index < -0.39 is 0 Å². The van der Waals surface area contributed by atoms with E-state index in [0.717, 1.165) is 37.6 Å². The highest BCUT2D eigenvalue weighted by molar-refractivity contribution is 5.48. The quantitative estimate of drug-likeness (QED) is 0.776. The molecule has 0 aromatic carbocycles. The summed E-state index contributed by atoms with van der Waals surface area (Å²) in [5, 5.41) is 3.09. The van der Waals surface area contributed by atoms with Gasteiger partial charge >= 0.3 is 0 Å². The average molecular weight is 334 g/mol. The van der Waals surface area contributed by atoms with Crippen molar-refractivity contribution in [2.24, 2.45) is 0 Å². The largest absolute Gasteiger partial charge is 0.340 e. The molecule has 25 heavy (non-hydrogen) atoms. The molecule has 0 spiro atoms. The van der Waals surface area contributed by atoms with Crippen molar-refractivity contribution < 1.29 is 0 Å². The van der Waals surface area contributed by atoms with Crippen LogP contribution < -0.4 is 10.2 Å². The van der Waals surface area contributed by atoms with Gasteiger partial charge in [0.2, 0.25) is 5.95 Å². The highest BCUT2D eigenvalue weighted by Crippen LogP contribution is 2.27. The van der Waals surface area contributed by atoms with Gasteiger partial charge in [0, 0.05) is 43.8 Å². The van der Waals surface area contributed by atoms with Gasteiger partial charge in [0.25, 0.3) is 0 Å². The van der Waals surface area contributed by atoms with Crippen LogP contribution in [0.5, 0.6) is 0 Å². The number of hydrogen-bond donors (Lipinski definition) is 1. The molecular formula is C17H18N8. The molecular weight excluding hydrogens is 316 g/mol. The van der Waals surface area contributed by atoms with Crippen LogP contribution in [0.2, 0.25) is 0 Å². The minimum Gasteiger partial charge on any atom is -0.340 e. The molecule has 1 atom stereocenters. The lowest BCUT2D eigenvalue weighted by Crippen LogP contribution is -2.35. The third kappa shape index (κ3) is 3.68. The minimum absolute atomic E-state index is 0.329. The molecule has 0 radical (unpaired) electrons. The lowest BCUT2D eigenvalue weighted by Gasteiger charge is -2.32. The van der Waals surface area contributed by atoms with Gasteiger partial charge in [-0.2, -0.15) is 0 Å². The third-order valence-electron chi connectivity index (χ3n) is 4.17. The fourth-order valence-corrected chi connectivity index (χ4v) is 2.96. The van der Waals surface area contributed by atoms with E-state index >= 15 is 0 Å². The highest BCUT2D eigenvalue weighted by atomic mass is 15.3. The molecule has 0 saturated carbocycles. The summed E-state index contributed by atoms with van der Waals surface area (Å²) in [6.45, 7) is 1.83. The lowest BCUT2D eigenvalue weighted by atomic mass is 9.95. The number of aromatic nitrogens is 6. The number of anilines is 3. The topological polar surface area (TPSA) is 92.6 Å². The van der Waals surface area contributed by atoms with Crippen molar-refractivity contribution in [2.75, 3.05) is 23.3 Å². The van der Waals surface area contributed by atoms with Crippen LogP contribution in [0.4, 0.5) is 17.6 Å². The van der Waals surface area contributed by atoms with E-state index in [1.165, 1.54) is 0 Å². The van der Waals surface area contributed by atoms with Crippen LogP contribution in [0.15, 0.2) is 49.4 Å². The molecule has 1 aliphatic rings. The van der Waals surface area contributed by atoms with Crippen molar-refractivity contribution in [3.8, 4) is 0 Å². The van der Waals surface area contributed by atoms with Gasteiger partial charge in [-0.05, 0) is 18.9 Å². The molecule has 0 unspecified atom stereocenters. The van der Waals surface area contributed by atoms with Crippen LogP contribution in [-0.4, -0.2) is 43.0 Å². The van der Waals surface area contributed by atoms with Crippen molar-refractivity contribution in [3.05, 3.63) is 55.1 Å². The summed E-state index contributed by atoms with van der Waals surface area (Å²) >= 11 is 0. The summed E-state index contributed by atoms with van der Waals surface area (Å²) in [6, 6.07) is 1.83. The molecule has 8 heteroatoms. The van der Waals surface area contributed by atoms with E-state index in [1.807, 2.05) is 12.3 Å². The summed E-state index contributed by atoms with van der Waals surface area (Å²) < 4.78 is 0. The molecule has 1 saturated heterocycles. The van der Waals surface area contributed by atoms with E-state index in [4.69, 9.17) is 0 Å². The van der Waals surface area contributed by atoms with Crippen LogP contribution in [0.1, 0.15) is 24.5 Å². The average Bonchev–Trinajstić information content (AvgIpc) is 2.70. The van der Waals surface area contributed by atoms with Crippen LogP contribution in [-0.2, 0) is 0 Å². The van der Waals surface area contributed by atoms with Crippen LogP contribution in [0.3, 0.4) is 0 Å². The Morgan fingerprint density at radius 1 is 0.880 bits per heavy atom. The van der Waals surface area contributed by atoms with Crippen molar-refractivity contribution in [1.29, 1.82) is 0 Å². The molecule has 1 N–H and O–H groups in total. The van der Waals surface area contributed by atoms with Gasteiger partial charge < -0.3 is 10.2 Å². The zero-order chi connectivity index (χ0) is 16.9. The fourth-order valence-electron chi connectivity index (χ4n) is 2.96. The Morgan fingerprint density at radius 3 is 2.52 bits per heavy atom. The maximum Gasteiger partial charge on any atom is 0.225 e. The molecule has 4 rings (SSSR count). The second kappa shape index (κ2) is 7.16. The summed E-state index contributed by atoms with van der Waals surface area (Å²) in [5.41, 5.74) is 0.991. The summed E-state index contributed by atoms with van der Waals surface area (Å²) in [7, 11) is 0. The zero-order valence-corrected chi connectivity index (χ0v) is 13.7. The first-order valence-corrected chi connectivity index (χ1v) is 8.25. The van der Waals surface area contributed by atoms with Gasteiger partial charge in [-0.15, -0.1) is 0 Å². The molecule has 1 aliphatic heterocycles. The Hall–Kier alpha value is -3.16. The Bertz CT molecular complexity index is 794. The minimum atomic E-state index is 0.329. The van der Waals surface area contributed by atoms with E-state index in [-0.39, 0.29) is 0 Å². The molecule has 8 nitrogen and oxygen atoms in total. The van der Waals surface area contributed by atoms with E-state index in [0.29, 0.717) is 17.6 Å². The lowest BCUT2D eigenvalue weighted by molar-refractivity contribution is 0.494. The normalized spacial score (nSPS) is 17.3. The molecule has 3 aromatic rings. The van der Waals surface area contributed by atoms with Gasteiger partial charge in [-0.1, -0.05) is 0 Å². The van der Waals surface area contributed by atoms with Crippen molar-refractivity contribution in [2.45, 2.75) is 18.8 Å². The number of piperidine rings is 1. The molecule has 3 aromatic heterocycles. The fraction of sp³-hybridized carbons (Fsp3) is 0.294. The number of hydrogen-bond acceptors (Lipinski definition) is 8. The Kier molecular flexibility index (Phi) is 4.40. The molecule has 0 aliphatic carbocycles. The molecule has 126 valence electrons. The van der Waals surface area contributed by atoms with E-state index in [2.05, 4.69) is 40.1 Å². The molecule has 0 bridgehead atoms. The Morgan fingerprint density at radius 2 is 1.76 bits per heavy atom. The van der Waals surface area contributed by atoms with Gasteiger partial charge in [0.05, 0.1) is 24.3 Å². The Balaban J connectivity index is 1.44. The summed E-state index contributed by atoms with van der Waals surface area (Å²) in [6.07, 6.45) is 14.2. The monoisotopic (exact) mass is 334 g/mol. The SMILES string of the molecule is c1cnc(N2CCC[C@@H](c3cnc(Nc4cnccn4)cn3)C2)nc1. The second-order valence-corrected chi connectivity index (χ2v) is 5.88. The van der Waals surface area contributed by atoms with E-state index in [1.54, 1.807) is 37.2 Å². The van der Waals surface area contributed by atoms with E-state index in [9.17, 15) is 0 Å². The summed E-state index contributed by atoms with van der Waals surface area (Å²) in [5.74, 6) is 2.41. The van der Waals surface area contributed by atoms with Gasteiger partial charge in [-0.25, -0.2) is 19.9 Å². The second-order valence-electron chi connectivity index (χ2n) is 5.88. The number of nitrogens with one attached hydrogen (secondary N) is 1. The first-order chi connectivity index (χ1) is 12.4. The third-order valence-corrected chi connectivity index (χ3v) is 4.17. The smallest absolute Gasteiger partial charge is 0.225 e. The molecule has 4 heterocycles. The van der Waals surface area contributed by atoms with Crippen molar-refractivity contribution in [1.82, 2.24) is 29.9 Å². The molecule has 1 fully saturated rings. The van der Waals surface area contributed by atoms with Crippen LogP contribution in [0, 0.1) is 0 Å². The van der Waals surface area contributed by atoms with Gasteiger partial charge in [0.15, 0.2) is 0 Å².